The molecule has 2 rings (SSSR count). The van der Waals surface area contributed by atoms with Gasteiger partial charge >= 0.3 is 0 Å². The molecule has 0 aliphatic carbocycles. The number of halogens is 1. The maximum Gasteiger partial charge on any atom is 0.270 e. The lowest BCUT2D eigenvalue weighted by molar-refractivity contribution is -0.126. The average molecular weight is 343 g/mol. The van der Waals surface area contributed by atoms with Crippen LogP contribution < -0.4 is 11.1 Å². The molecule has 1 saturated heterocycles. The molecule has 0 saturated carbocycles. The van der Waals surface area contributed by atoms with Crippen LogP contribution in [-0.2, 0) is 4.79 Å². The molecule has 1 aliphatic heterocycles. The molecule has 0 spiro atoms. The van der Waals surface area contributed by atoms with Gasteiger partial charge in [-0.2, -0.15) is 0 Å². The number of hydrogen-bond acceptors (Lipinski definition) is 3. The Bertz CT molecular complexity index is 488. The molecule has 1 unspecified atom stereocenters. The van der Waals surface area contributed by atoms with E-state index in [1.807, 2.05) is 0 Å². The fraction of sp³-hybridized carbons (Fsp3) is 0.538. The number of aromatic amines is 1. The first-order chi connectivity index (χ1) is 9.61. The second-order valence-corrected chi connectivity index (χ2v) is 5.82. The number of nitrogens with two attached hydrogens (primary N) is 1. The van der Waals surface area contributed by atoms with E-state index < -0.39 is 0 Å². The number of likely N-dealkylation sites (tertiary alicyclic amines) is 1. The summed E-state index contributed by atoms with van der Waals surface area (Å²) in [5.41, 5.74) is 5.91. The lowest BCUT2D eigenvalue weighted by Gasteiger charge is -2.31. The van der Waals surface area contributed by atoms with Gasteiger partial charge in [0.15, 0.2) is 0 Å². The van der Waals surface area contributed by atoms with Gasteiger partial charge in [0.1, 0.15) is 5.69 Å². The number of aromatic nitrogens is 1. The zero-order valence-electron chi connectivity index (χ0n) is 11.2. The van der Waals surface area contributed by atoms with E-state index in [9.17, 15) is 9.59 Å². The van der Waals surface area contributed by atoms with Crippen LogP contribution in [0.25, 0.3) is 0 Å². The topological polar surface area (TPSA) is 91.2 Å². The fourth-order valence-corrected chi connectivity index (χ4v) is 2.72. The van der Waals surface area contributed by atoms with E-state index in [0.717, 1.165) is 17.3 Å². The van der Waals surface area contributed by atoms with Gasteiger partial charge < -0.3 is 20.9 Å². The minimum atomic E-state index is -0.141. The first-order valence-corrected chi connectivity index (χ1v) is 7.52. The number of nitrogens with zero attached hydrogens (tertiary/aromatic N) is 1. The van der Waals surface area contributed by atoms with Gasteiger partial charge in [0.25, 0.3) is 5.91 Å². The van der Waals surface area contributed by atoms with Gasteiger partial charge in [0.2, 0.25) is 5.91 Å². The molecule has 1 atom stereocenters. The van der Waals surface area contributed by atoms with Crippen molar-refractivity contribution in [3.05, 3.63) is 22.4 Å². The second kappa shape index (κ2) is 6.90. The first kappa shape index (κ1) is 15.1. The summed E-state index contributed by atoms with van der Waals surface area (Å²) in [6.07, 6.45) is 3.38. The first-order valence-electron chi connectivity index (χ1n) is 6.72. The molecule has 0 bridgehead atoms. The Morgan fingerprint density at radius 2 is 2.35 bits per heavy atom. The van der Waals surface area contributed by atoms with E-state index in [0.29, 0.717) is 31.9 Å². The third kappa shape index (κ3) is 3.61. The van der Waals surface area contributed by atoms with Gasteiger partial charge in [-0.15, -0.1) is 0 Å². The standard InChI is InChI=1S/C13H19BrN4O2/c14-10-6-11(17-7-10)13(20)18-5-1-2-9(8-18)12(19)16-4-3-15/h6-7,9,17H,1-5,8,15H2,(H,16,19). The van der Waals surface area contributed by atoms with Crippen LogP contribution in [0.15, 0.2) is 16.7 Å². The van der Waals surface area contributed by atoms with Crippen LogP contribution in [0.3, 0.4) is 0 Å². The number of H-pyrrole nitrogens is 1. The van der Waals surface area contributed by atoms with Crippen molar-refractivity contribution in [3.63, 3.8) is 0 Å². The smallest absolute Gasteiger partial charge is 0.270 e. The molecule has 20 heavy (non-hydrogen) atoms. The highest BCUT2D eigenvalue weighted by Gasteiger charge is 2.29. The number of rotatable bonds is 4. The van der Waals surface area contributed by atoms with Gasteiger partial charge in [-0.25, -0.2) is 0 Å². The Kier molecular flexibility index (Phi) is 5.19. The Balaban J connectivity index is 1.96. The van der Waals surface area contributed by atoms with E-state index in [-0.39, 0.29) is 17.7 Å². The maximum atomic E-state index is 12.3. The van der Waals surface area contributed by atoms with Crippen LogP contribution in [-0.4, -0.2) is 47.9 Å². The van der Waals surface area contributed by atoms with Crippen LogP contribution in [0, 0.1) is 5.92 Å². The van der Waals surface area contributed by atoms with Gasteiger partial charge in [-0.3, -0.25) is 9.59 Å². The van der Waals surface area contributed by atoms with Crippen molar-refractivity contribution in [2.45, 2.75) is 12.8 Å². The molecular formula is C13H19BrN4O2. The van der Waals surface area contributed by atoms with E-state index in [1.165, 1.54) is 0 Å². The quantitative estimate of drug-likeness (QED) is 0.752. The SMILES string of the molecule is NCCNC(=O)C1CCCN(C(=O)c2cc(Br)c[nH]2)C1. The number of nitrogens with one attached hydrogen (secondary N) is 2. The molecule has 0 radical (unpaired) electrons. The van der Waals surface area contributed by atoms with Crippen molar-refractivity contribution in [3.8, 4) is 0 Å². The lowest BCUT2D eigenvalue weighted by atomic mass is 9.97. The highest BCUT2D eigenvalue weighted by molar-refractivity contribution is 9.10. The summed E-state index contributed by atoms with van der Waals surface area (Å²) < 4.78 is 0.843. The van der Waals surface area contributed by atoms with Crippen molar-refractivity contribution in [1.82, 2.24) is 15.2 Å². The van der Waals surface area contributed by atoms with Crippen molar-refractivity contribution in [2.24, 2.45) is 11.7 Å². The third-order valence-corrected chi connectivity index (χ3v) is 3.86. The summed E-state index contributed by atoms with van der Waals surface area (Å²) >= 11 is 3.31. The van der Waals surface area contributed by atoms with Gasteiger partial charge in [-0.05, 0) is 34.8 Å². The Hall–Kier alpha value is -1.34. The Morgan fingerprint density at radius 1 is 1.55 bits per heavy atom. The van der Waals surface area contributed by atoms with Crippen molar-refractivity contribution >= 4 is 27.7 Å². The number of hydrogen-bond donors (Lipinski definition) is 3. The molecule has 1 aliphatic rings. The molecule has 4 N–H and O–H groups in total. The molecule has 0 aromatic carbocycles. The molecule has 2 heterocycles. The number of piperidine rings is 1. The van der Waals surface area contributed by atoms with Crippen molar-refractivity contribution in [1.29, 1.82) is 0 Å². The second-order valence-electron chi connectivity index (χ2n) is 4.90. The molecule has 7 heteroatoms. The van der Waals surface area contributed by atoms with E-state index in [1.54, 1.807) is 17.2 Å². The predicted octanol–water partition coefficient (Wildman–Crippen LogP) is 0.704. The van der Waals surface area contributed by atoms with E-state index in [2.05, 4.69) is 26.2 Å². The number of carbonyl (C=O) groups is 2. The number of amides is 2. The van der Waals surface area contributed by atoms with Crippen LogP contribution in [0.4, 0.5) is 0 Å². The Labute approximate surface area is 126 Å². The summed E-state index contributed by atoms with van der Waals surface area (Å²) in [5.74, 6) is -0.217. The average Bonchev–Trinajstić information content (AvgIpc) is 2.90. The van der Waals surface area contributed by atoms with Gasteiger partial charge in [0, 0.05) is 36.8 Å². The minimum Gasteiger partial charge on any atom is -0.356 e. The Morgan fingerprint density at radius 3 is 3.00 bits per heavy atom. The lowest BCUT2D eigenvalue weighted by Crippen LogP contribution is -2.46. The van der Waals surface area contributed by atoms with Gasteiger partial charge in [0.05, 0.1) is 5.92 Å². The largest absolute Gasteiger partial charge is 0.356 e. The molecule has 110 valence electrons. The van der Waals surface area contributed by atoms with Crippen LogP contribution in [0.2, 0.25) is 0 Å². The monoisotopic (exact) mass is 342 g/mol. The normalized spacial score (nSPS) is 18.9. The van der Waals surface area contributed by atoms with Crippen LogP contribution in [0.1, 0.15) is 23.3 Å². The summed E-state index contributed by atoms with van der Waals surface area (Å²) in [5, 5.41) is 2.79. The highest BCUT2D eigenvalue weighted by atomic mass is 79.9. The summed E-state index contributed by atoms with van der Waals surface area (Å²) in [4.78, 5) is 28.9. The fourth-order valence-electron chi connectivity index (χ4n) is 2.38. The zero-order valence-corrected chi connectivity index (χ0v) is 12.8. The molecule has 1 fully saturated rings. The van der Waals surface area contributed by atoms with Crippen molar-refractivity contribution in [2.75, 3.05) is 26.2 Å². The molecule has 2 amide bonds. The van der Waals surface area contributed by atoms with Gasteiger partial charge in [-0.1, -0.05) is 0 Å². The summed E-state index contributed by atoms with van der Waals surface area (Å²) in [6.45, 7) is 2.06. The van der Waals surface area contributed by atoms with E-state index >= 15 is 0 Å². The molecular weight excluding hydrogens is 324 g/mol. The summed E-state index contributed by atoms with van der Waals surface area (Å²) in [6, 6.07) is 1.75. The predicted molar refractivity (Wildman–Crippen MR) is 79.2 cm³/mol. The zero-order chi connectivity index (χ0) is 14.5. The molecule has 1 aromatic heterocycles. The maximum absolute atomic E-state index is 12.3. The van der Waals surface area contributed by atoms with Crippen molar-refractivity contribution < 1.29 is 9.59 Å². The van der Waals surface area contributed by atoms with Crippen LogP contribution in [0.5, 0.6) is 0 Å². The van der Waals surface area contributed by atoms with E-state index in [4.69, 9.17) is 5.73 Å². The third-order valence-electron chi connectivity index (χ3n) is 3.40. The number of carbonyl (C=O) groups excluding carboxylic acids is 2. The summed E-state index contributed by atoms with van der Waals surface area (Å²) in [7, 11) is 0. The molecule has 6 nitrogen and oxygen atoms in total. The van der Waals surface area contributed by atoms with Crippen LogP contribution >= 0.6 is 15.9 Å². The molecule has 1 aromatic rings. The minimum absolute atomic E-state index is 0.0133. The highest BCUT2D eigenvalue weighted by Crippen LogP contribution is 2.19.